The number of nitrogens with zero attached hydrogens (tertiary/aromatic N) is 3. The van der Waals surface area contributed by atoms with Gasteiger partial charge in [0.05, 0.1) is 11.0 Å². The lowest BCUT2D eigenvalue weighted by Gasteiger charge is -2.32. The Morgan fingerprint density at radius 1 is 1.03 bits per heavy atom. The fraction of sp³-hybridized carbons (Fsp3) is 0.375. The van der Waals surface area contributed by atoms with Crippen molar-refractivity contribution in [1.82, 2.24) is 14.5 Å². The van der Waals surface area contributed by atoms with Crippen LogP contribution in [0, 0.1) is 12.8 Å². The predicted octanol–water partition coefficient (Wildman–Crippen LogP) is 4.90. The van der Waals surface area contributed by atoms with E-state index in [1.54, 1.807) is 24.3 Å². The molecule has 0 saturated carbocycles. The van der Waals surface area contributed by atoms with Gasteiger partial charge in [-0.3, -0.25) is 9.59 Å². The quantitative estimate of drug-likeness (QED) is 0.530. The first-order chi connectivity index (χ1) is 14.5. The summed E-state index contributed by atoms with van der Waals surface area (Å²) in [5, 5.41) is 0.601. The number of likely N-dealkylation sites (tertiary alicyclic amines) is 1. The van der Waals surface area contributed by atoms with Gasteiger partial charge < -0.3 is 9.47 Å². The monoisotopic (exact) mass is 423 g/mol. The molecule has 1 amide bonds. The smallest absolute Gasteiger partial charge is 0.223 e. The van der Waals surface area contributed by atoms with Crippen LogP contribution < -0.4 is 0 Å². The molecule has 1 aromatic heterocycles. The molecule has 0 unspecified atom stereocenters. The van der Waals surface area contributed by atoms with Crippen LogP contribution in [0.5, 0.6) is 0 Å². The highest BCUT2D eigenvalue weighted by Crippen LogP contribution is 2.24. The Bertz CT molecular complexity index is 1050. The molecule has 1 fully saturated rings. The largest absolute Gasteiger partial charge is 0.343 e. The lowest BCUT2D eigenvalue weighted by molar-refractivity contribution is -0.132. The summed E-state index contributed by atoms with van der Waals surface area (Å²) in [6, 6.07) is 15.1. The van der Waals surface area contributed by atoms with E-state index in [9.17, 15) is 9.59 Å². The van der Waals surface area contributed by atoms with Gasteiger partial charge in [-0.25, -0.2) is 4.98 Å². The molecule has 0 radical (unpaired) electrons. The van der Waals surface area contributed by atoms with Gasteiger partial charge >= 0.3 is 0 Å². The van der Waals surface area contributed by atoms with Gasteiger partial charge in [-0.2, -0.15) is 0 Å². The van der Waals surface area contributed by atoms with Gasteiger partial charge in [-0.15, -0.1) is 0 Å². The molecular formula is C24H26ClN3O2. The van der Waals surface area contributed by atoms with Gasteiger partial charge in [0.2, 0.25) is 5.91 Å². The van der Waals surface area contributed by atoms with Gasteiger partial charge in [-0.1, -0.05) is 23.7 Å². The molecule has 1 saturated heterocycles. The van der Waals surface area contributed by atoms with Crippen LogP contribution in [0.2, 0.25) is 5.02 Å². The highest BCUT2D eigenvalue weighted by molar-refractivity contribution is 6.30. The summed E-state index contributed by atoms with van der Waals surface area (Å²) >= 11 is 5.86. The van der Waals surface area contributed by atoms with Crippen molar-refractivity contribution in [3.63, 3.8) is 0 Å². The van der Waals surface area contributed by atoms with E-state index < -0.39 is 0 Å². The maximum absolute atomic E-state index is 12.6. The van der Waals surface area contributed by atoms with Crippen molar-refractivity contribution in [2.24, 2.45) is 5.92 Å². The number of hydrogen-bond acceptors (Lipinski definition) is 3. The van der Waals surface area contributed by atoms with E-state index in [4.69, 9.17) is 11.6 Å². The average molecular weight is 424 g/mol. The number of carbonyl (C=O) groups is 2. The minimum absolute atomic E-state index is 0.0163. The Labute approximate surface area is 181 Å². The SMILES string of the molecule is Cc1nc2ccccc2n1CC1CCN(C(=O)CCC(=O)c2ccc(Cl)cc2)CC1. The molecule has 4 rings (SSSR count). The van der Waals surface area contributed by atoms with Gasteiger partial charge in [0, 0.05) is 43.1 Å². The predicted molar refractivity (Wildman–Crippen MR) is 119 cm³/mol. The van der Waals surface area contributed by atoms with Crippen LogP contribution in [0.3, 0.4) is 0 Å². The summed E-state index contributed by atoms with van der Waals surface area (Å²) in [4.78, 5) is 31.4. The average Bonchev–Trinajstić information content (AvgIpc) is 3.08. The summed E-state index contributed by atoms with van der Waals surface area (Å²) in [6.45, 7) is 4.49. The lowest BCUT2D eigenvalue weighted by atomic mass is 9.96. The zero-order valence-electron chi connectivity index (χ0n) is 17.2. The molecule has 0 aliphatic carbocycles. The van der Waals surface area contributed by atoms with E-state index >= 15 is 0 Å². The maximum Gasteiger partial charge on any atom is 0.223 e. The number of hydrogen-bond donors (Lipinski definition) is 0. The molecule has 2 aromatic carbocycles. The molecule has 5 nitrogen and oxygen atoms in total. The van der Waals surface area contributed by atoms with Gasteiger partial charge in [0.1, 0.15) is 5.82 Å². The third-order valence-electron chi connectivity index (χ3n) is 5.99. The summed E-state index contributed by atoms with van der Waals surface area (Å²) in [7, 11) is 0. The van der Waals surface area contributed by atoms with Gasteiger partial charge in [-0.05, 0) is 62.1 Å². The summed E-state index contributed by atoms with van der Waals surface area (Å²) in [5.41, 5.74) is 2.82. The Morgan fingerprint density at radius 2 is 1.73 bits per heavy atom. The molecular weight excluding hydrogens is 398 g/mol. The molecule has 0 bridgehead atoms. The van der Waals surface area contributed by atoms with Crippen LogP contribution in [0.1, 0.15) is 41.9 Å². The molecule has 6 heteroatoms. The molecule has 1 aliphatic heterocycles. The molecule has 30 heavy (non-hydrogen) atoms. The van der Waals surface area contributed by atoms with Crippen molar-refractivity contribution in [2.75, 3.05) is 13.1 Å². The number of imidazole rings is 1. The number of aromatic nitrogens is 2. The molecule has 0 atom stereocenters. The number of para-hydroxylation sites is 2. The number of benzene rings is 2. The molecule has 2 heterocycles. The molecule has 156 valence electrons. The Kier molecular flexibility index (Phi) is 6.18. The van der Waals surface area contributed by atoms with Crippen molar-refractivity contribution >= 4 is 34.3 Å². The van der Waals surface area contributed by atoms with E-state index in [0.717, 1.165) is 43.8 Å². The first kappa shape index (κ1) is 20.6. The van der Waals surface area contributed by atoms with Crippen molar-refractivity contribution in [3.05, 3.63) is 64.9 Å². The fourth-order valence-corrected chi connectivity index (χ4v) is 4.33. The summed E-state index contributed by atoms with van der Waals surface area (Å²) in [5.74, 6) is 1.62. The molecule has 0 N–H and O–H groups in total. The number of ketones is 1. The number of rotatable bonds is 6. The first-order valence-electron chi connectivity index (χ1n) is 10.5. The van der Waals surface area contributed by atoms with Crippen LogP contribution >= 0.6 is 11.6 Å². The standard InChI is InChI=1S/C24H26ClN3O2/c1-17-26-21-4-2-3-5-22(21)28(17)16-18-12-14-27(15-13-18)24(30)11-10-23(29)19-6-8-20(25)9-7-19/h2-9,18H,10-16H2,1H3. The Balaban J connectivity index is 1.27. The third-order valence-corrected chi connectivity index (χ3v) is 6.24. The second-order valence-electron chi connectivity index (χ2n) is 8.01. The highest BCUT2D eigenvalue weighted by atomic mass is 35.5. The minimum atomic E-state index is -0.0163. The van der Waals surface area contributed by atoms with Crippen LogP contribution in [-0.4, -0.2) is 39.2 Å². The lowest BCUT2D eigenvalue weighted by Crippen LogP contribution is -2.39. The second-order valence-corrected chi connectivity index (χ2v) is 8.45. The fourth-order valence-electron chi connectivity index (χ4n) is 4.21. The van der Waals surface area contributed by atoms with Crippen LogP contribution in [-0.2, 0) is 11.3 Å². The van der Waals surface area contributed by atoms with Crippen molar-refractivity contribution in [3.8, 4) is 0 Å². The molecule has 0 spiro atoms. The first-order valence-corrected chi connectivity index (χ1v) is 10.9. The van der Waals surface area contributed by atoms with Gasteiger partial charge in [0.15, 0.2) is 5.78 Å². The molecule has 3 aromatic rings. The number of halogens is 1. The highest BCUT2D eigenvalue weighted by Gasteiger charge is 2.24. The van der Waals surface area contributed by atoms with Crippen LogP contribution in [0.25, 0.3) is 11.0 Å². The van der Waals surface area contributed by atoms with E-state index in [1.165, 1.54) is 5.52 Å². The Morgan fingerprint density at radius 3 is 2.47 bits per heavy atom. The zero-order chi connectivity index (χ0) is 21.1. The number of aryl methyl sites for hydroxylation is 1. The summed E-state index contributed by atoms with van der Waals surface area (Å²) in [6.07, 6.45) is 2.45. The van der Waals surface area contributed by atoms with Crippen molar-refractivity contribution in [2.45, 2.75) is 39.2 Å². The summed E-state index contributed by atoms with van der Waals surface area (Å²) < 4.78 is 2.29. The minimum Gasteiger partial charge on any atom is -0.343 e. The van der Waals surface area contributed by atoms with E-state index in [-0.39, 0.29) is 24.5 Å². The Hall–Kier alpha value is -2.66. The number of carbonyl (C=O) groups excluding carboxylic acids is 2. The number of amides is 1. The van der Waals surface area contributed by atoms with Gasteiger partial charge in [0.25, 0.3) is 0 Å². The van der Waals surface area contributed by atoms with Crippen molar-refractivity contribution in [1.29, 1.82) is 0 Å². The maximum atomic E-state index is 12.6. The number of piperidine rings is 1. The third kappa shape index (κ3) is 4.57. The van der Waals surface area contributed by atoms with E-state index in [1.807, 2.05) is 23.1 Å². The zero-order valence-corrected chi connectivity index (χ0v) is 17.9. The molecule has 1 aliphatic rings. The van der Waals surface area contributed by atoms with Crippen molar-refractivity contribution < 1.29 is 9.59 Å². The van der Waals surface area contributed by atoms with Crippen LogP contribution in [0.15, 0.2) is 48.5 Å². The normalized spacial score (nSPS) is 14.9. The number of fused-ring (bicyclic) bond motifs is 1. The van der Waals surface area contributed by atoms with Crippen LogP contribution in [0.4, 0.5) is 0 Å². The number of Topliss-reactive ketones (excluding diaryl/α,β-unsaturated/α-hetero) is 1. The van der Waals surface area contributed by atoms with E-state index in [2.05, 4.69) is 22.5 Å². The topological polar surface area (TPSA) is 55.2 Å². The second kappa shape index (κ2) is 9.00. The van der Waals surface area contributed by atoms with E-state index in [0.29, 0.717) is 16.5 Å².